The highest BCUT2D eigenvalue weighted by molar-refractivity contribution is 7.97. The fraction of sp³-hybridized carbons (Fsp3) is 1.00. The molecule has 0 radical (unpaired) electrons. The van der Waals surface area contributed by atoms with Crippen molar-refractivity contribution in [1.29, 1.82) is 0 Å². The minimum absolute atomic E-state index is 0.0722. The monoisotopic (exact) mass is 439 g/mol. The smallest absolute Gasteiger partial charge is 0.394 e. The Morgan fingerprint density at radius 3 is 2.19 bits per heavy atom. The zero-order chi connectivity index (χ0) is 20.9. The van der Waals surface area contributed by atoms with Crippen LogP contribution in [0.15, 0.2) is 0 Å². The van der Waals surface area contributed by atoms with Crippen LogP contribution >= 0.6 is 0 Å². The summed E-state index contributed by atoms with van der Waals surface area (Å²) in [6.45, 7) is -1.40. The minimum Gasteiger partial charge on any atom is -0.394 e. The standard InChI is InChI=1S/C13H26O12S2/c1-24-8(5-26-4-7(17)10(18)9(26)3-15)13(25-27(21,22)23)12(20)11(19)6(16)2-14/h6-20H,2-5H2,1H3/p+1/t6-,7+,8+,9+,10-,11+,12+,13+,26+/m0/s1. The van der Waals surface area contributed by atoms with Crippen LogP contribution in [0.25, 0.3) is 0 Å². The first-order valence-corrected chi connectivity index (χ1v) is 10.9. The van der Waals surface area contributed by atoms with E-state index in [-0.39, 0.29) is 11.5 Å². The van der Waals surface area contributed by atoms with Gasteiger partial charge in [0.2, 0.25) is 0 Å². The minimum atomic E-state index is -5.10. The molecule has 1 saturated heterocycles. The van der Waals surface area contributed by atoms with Crippen LogP contribution < -0.4 is 0 Å². The number of aliphatic hydroxyl groups excluding tert-OH is 7. The van der Waals surface area contributed by atoms with E-state index in [0.717, 1.165) is 7.11 Å². The normalized spacial score (nSPS) is 32.0. The summed E-state index contributed by atoms with van der Waals surface area (Å²) >= 11 is 0. The molecule has 1 aliphatic rings. The molecule has 0 unspecified atom stereocenters. The number of rotatable bonds is 11. The Kier molecular flexibility index (Phi) is 9.80. The third-order valence-corrected chi connectivity index (χ3v) is 7.59. The summed E-state index contributed by atoms with van der Waals surface area (Å²) < 4.78 is 40.8. The van der Waals surface area contributed by atoms with Crippen LogP contribution in [0.2, 0.25) is 0 Å². The number of methoxy groups -OCH3 is 1. The summed E-state index contributed by atoms with van der Waals surface area (Å²) in [6.07, 6.45) is -11.4. The molecule has 8 N–H and O–H groups in total. The second-order valence-corrected chi connectivity index (χ2v) is 9.54. The van der Waals surface area contributed by atoms with E-state index >= 15 is 0 Å². The van der Waals surface area contributed by atoms with Gasteiger partial charge in [-0.25, -0.2) is 4.18 Å². The summed E-state index contributed by atoms with van der Waals surface area (Å²) in [5.41, 5.74) is 0. The summed E-state index contributed by atoms with van der Waals surface area (Å²) in [4.78, 5) is 0. The molecule has 0 bridgehead atoms. The topological polar surface area (TPSA) is 214 Å². The molecule has 14 heteroatoms. The molecule has 0 aromatic heterocycles. The summed E-state index contributed by atoms with van der Waals surface area (Å²) in [5.74, 6) is -0.0300. The average molecular weight is 439 g/mol. The highest BCUT2D eigenvalue weighted by atomic mass is 32.3. The lowest BCUT2D eigenvalue weighted by molar-refractivity contribution is -0.134. The predicted molar refractivity (Wildman–Crippen MR) is 92.3 cm³/mol. The number of hydrogen-bond acceptors (Lipinski definition) is 11. The molecule has 1 fully saturated rings. The first-order chi connectivity index (χ1) is 12.5. The zero-order valence-electron chi connectivity index (χ0n) is 14.5. The summed E-state index contributed by atoms with van der Waals surface area (Å²) in [5, 5.41) is 66.7. The van der Waals surface area contributed by atoms with E-state index < -0.39 is 82.5 Å². The molecule has 0 aromatic rings. The molecule has 12 nitrogen and oxygen atoms in total. The number of aliphatic hydroxyl groups is 7. The Hall–Kier alpha value is -0.100. The van der Waals surface area contributed by atoms with Gasteiger partial charge in [0.1, 0.15) is 54.2 Å². The molecule has 1 heterocycles. The van der Waals surface area contributed by atoms with Crippen molar-refractivity contribution in [2.24, 2.45) is 0 Å². The van der Waals surface area contributed by atoms with E-state index in [9.17, 15) is 39.1 Å². The molecule has 0 saturated carbocycles. The molecule has 1 rings (SSSR count). The summed E-state index contributed by atoms with van der Waals surface area (Å²) in [6, 6.07) is 0. The van der Waals surface area contributed by atoms with Crippen LogP contribution in [0, 0.1) is 0 Å². The maximum atomic E-state index is 11.1. The average Bonchev–Trinajstić information content (AvgIpc) is 2.88. The van der Waals surface area contributed by atoms with Gasteiger partial charge in [-0.05, 0) is 0 Å². The third kappa shape index (κ3) is 6.73. The van der Waals surface area contributed by atoms with Crippen LogP contribution in [0.5, 0.6) is 0 Å². The van der Waals surface area contributed by atoms with Gasteiger partial charge in [0.15, 0.2) is 5.25 Å². The molecular weight excluding hydrogens is 412 g/mol. The van der Waals surface area contributed by atoms with Crippen LogP contribution in [-0.2, 0) is 30.2 Å². The Balaban J connectivity index is 3.06. The SMILES string of the molecule is CO[C@H](C[S@@+]1C[C@@H](O)[C@H](O)[C@H]1CO)[C@@H](OS(=O)(=O)O)[C@H](O)[C@H](O)[C@@H](O)CO. The molecular formula is C13H27O12S2+. The Bertz CT molecular complexity index is 545. The van der Waals surface area contributed by atoms with Crippen molar-refractivity contribution in [3.05, 3.63) is 0 Å². The highest BCUT2D eigenvalue weighted by Crippen LogP contribution is 2.27. The lowest BCUT2D eigenvalue weighted by Crippen LogP contribution is -2.54. The van der Waals surface area contributed by atoms with E-state index in [0.29, 0.717) is 0 Å². The van der Waals surface area contributed by atoms with Crippen molar-refractivity contribution < 1.29 is 57.6 Å². The van der Waals surface area contributed by atoms with E-state index in [1.54, 1.807) is 0 Å². The molecule has 1 aliphatic heterocycles. The van der Waals surface area contributed by atoms with Crippen LogP contribution in [0.4, 0.5) is 0 Å². The molecule has 0 spiro atoms. The first-order valence-electron chi connectivity index (χ1n) is 7.93. The maximum Gasteiger partial charge on any atom is 0.397 e. The van der Waals surface area contributed by atoms with Gasteiger partial charge >= 0.3 is 10.4 Å². The highest BCUT2D eigenvalue weighted by Gasteiger charge is 2.52. The third-order valence-electron chi connectivity index (χ3n) is 4.32. The fourth-order valence-corrected chi connectivity index (χ4v) is 6.13. The lowest BCUT2D eigenvalue weighted by Gasteiger charge is -2.32. The van der Waals surface area contributed by atoms with Crippen molar-refractivity contribution in [3.63, 3.8) is 0 Å². The van der Waals surface area contributed by atoms with Gasteiger partial charge < -0.3 is 40.5 Å². The number of ether oxygens (including phenoxy) is 1. The first kappa shape index (κ1) is 24.9. The van der Waals surface area contributed by atoms with Crippen molar-refractivity contribution in [2.45, 2.75) is 48.0 Å². The molecule has 9 atom stereocenters. The van der Waals surface area contributed by atoms with Crippen molar-refractivity contribution in [1.82, 2.24) is 0 Å². The Morgan fingerprint density at radius 1 is 1.15 bits per heavy atom. The van der Waals surface area contributed by atoms with Crippen LogP contribution in [0.3, 0.4) is 0 Å². The van der Waals surface area contributed by atoms with Gasteiger partial charge in [0.05, 0.1) is 13.2 Å². The quantitative estimate of drug-likeness (QED) is 0.112. The zero-order valence-corrected chi connectivity index (χ0v) is 16.1. The Morgan fingerprint density at radius 2 is 1.74 bits per heavy atom. The van der Waals surface area contributed by atoms with Crippen LogP contribution in [-0.4, -0.2) is 129 Å². The molecule has 0 aliphatic carbocycles. The van der Waals surface area contributed by atoms with E-state index in [1.807, 2.05) is 0 Å². The van der Waals surface area contributed by atoms with E-state index in [4.69, 9.17) is 14.4 Å². The second-order valence-electron chi connectivity index (χ2n) is 6.14. The van der Waals surface area contributed by atoms with E-state index in [1.165, 1.54) is 0 Å². The van der Waals surface area contributed by atoms with Crippen molar-refractivity contribution in [3.8, 4) is 0 Å². The van der Waals surface area contributed by atoms with Crippen molar-refractivity contribution in [2.75, 3.05) is 31.8 Å². The van der Waals surface area contributed by atoms with Crippen LogP contribution in [0.1, 0.15) is 0 Å². The number of hydrogen-bond donors (Lipinski definition) is 8. The molecule has 27 heavy (non-hydrogen) atoms. The predicted octanol–water partition coefficient (Wildman–Crippen LogP) is -5.02. The Labute approximate surface area is 159 Å². The van der Waals surface area contributed by atoms with Gasteiger partial charge in [-0.15, -0.1) is 0 Å². The molecule has 162 valence electrons. The van der Waals surface area contributed by atoms with E-state index in [2.05, 4.69) is 4.18 Å². The summed E-state index contributed by atoms with van der Waals surface area (Å²) in [7, 11) is -4.85. The fourth-order valence-electron chi connectivity index (χ4n) is 2.81. The lowest BCUT2D eigenvalue weighted by atomic mass is 10.00. The van der Waals surface area contributed by atoms with Gasteiger partial charge in [-0.2, -0.15) is 8.42 Å². The van der Waals surface area contributed by atoms with Gasteiger partial charge in [0, 0.05) is 18.0 Å². The largest absolute Gasteiger partial charge is 0.397 e. The maximum absolute atomic E-state index is 11.1. The van der Waals surface area contributed by atoms with Gasteiger partial charge in [0.25, 0.3) is 0 Å². The second kappa shape index (κ2) is 10.6. The molecule has 0 amide bonds. The van der Waals surface area contributed by atoms with Crippen molar-refractivity contribution >= 4 is 21.3 Å². The van der Waals surface area contributed by atoms with Gasteiger partial charge in [-0.3, -0.25) is 4.55 Å². The molecule has 0 aromatic carbocycles. The van der Waals surface area contributed by atoms with Gasteiger partial charge in [-0.1, -0.05) is 0 Å².